The Hall–Kier alpha value is -1.56. The molecule has 2 aliphatic carbocycles. The monoisotopic (exact) mass is 324 g/mol. The van der Waals surface area contributed by atoms with Crippen LogP contribution in [-0.4, -0.2) is 0 Å². The average molecular weight is 325 g/mol. The van der Waals surface area contributed by atoms with E-state index in [9.17, 15) is 0 Å². The minimum absolute atomic E-state index is 1.50. The highest BCUT2D eigenvalue weighted by atomic mass is 14.0. The molecule has 2 fully saturated rings. The van der Waals surface area contributed by atoms with Gasteiger partial charge in [0.05, 0.1) is 0 Å². The van der Waals surface area contributed by atoms with E-state index in [1.54, 1.807) is 0 Å². The van der Waals surface area contributed by atoms with Crippen molar-refractivity contribution in [3.8, 4) is 0 Å². The molecule has 0 N–H and O–H groups in total. The second-order valence-corrected chi connectivity index (χ2v) is 6.55. The van der Waals surface area contributed by atoms with Gasteiger partial charge in [0.2, 0.25) is 0 Å². The number of hydrogen-bond acceptors (Lipinski definition) is 0. The summed E-state index contributed by atoms with van der Waals surface area (Å²) in [6.45, 7) is 0. The Morgan fingerprint density at radius 3 is 0.333 bits per heavy atom. The smallest absolute Gasteiger partial charge is 0.0533 e. The van der Waals surface area contributed by atoms with Crippen LogP contribution in [0.25, 0.3) is 0 Å². The van der Waals surface area contributed by atoms with Crippen molar-refractivity contribution in [3.05, 3.63) is 72.8 Å². The van der Waals surface area contributed by atoms with E-state index in [1.165, 1.54) is 77.0 Å². The van der Waals surface area contributed by atoms with E-state index in [0.29, 0.717) is 0 Å². The third-order valence-corrected chi connectivity index (χ3v) is 4.33. The molecule has 0 aliphatic heterocycles. The molecule has 0 spiro atoms. The fourth-order valence-corrected chi connectivity index (χ4v) is 2.89. The fraction of sp³-hybridized carbons (Fsp3) is 0.500. The first-order chi connectivity index (χ1) is 12.0. The standard InChI is InChI=1S/2C6H12.2C6H6/c4*1-2-4-6-5-3-1/h2*1-6H2;2*1-6H. The third kappa shape index (κ3) is 15.3. The van der Waals surface area contributed by atoms with Crippen LogP contribution in [0.1, 0.15) is 77.0 Å². The summed E-state index contributed by atoms with van der Waals surface area (Å²) < 4.78 is 0. The average Bonchev–Trinajstić information content (AvgIpc) is 2.75. The minimum atomic E-state index is 1.50. The van der Waals surface area contributed by atoms with Crippen LogP contribution in [0.2, 0.25) is 0 Å². The van der Waals surface area contributed by atoms with Crippen molar-refractivity contribution in [2.24, 2.45) is 0 Å². The third-order valence-electron chi connectivity index (χ3n) is 4.33. The van der Waals surface area contributed by atoms with Gasteiger partial charge in [0.1, 0.15) is 0 Å². The van der Waals surface area contributed by atoms with Crippen molar-refractivity contribution in [1.82, 2.24) is 0 Å². The summed E-state index contributed by atoms with van der Waals surface area (Å²) in [5, 5.41) is 0. The van der Waals surface area contributed by atoms with Gasteiger partial charge in [0.15, 0.2) is 0 Å². The molecule has 0 heteroatoms. The van der Waals surface area contributed by atoms with E-state index in [4.69, 9.17) is 0 Å². The van der Waals surface area contributed by atoms with Crippen LogP contribution < -0.4 is 0 Å². The topological polar surface area (TPSA) is 0 Å². The molecule has 0 nitrogen and oxygen atoms in total. The van der Waals surface area contributed by atoms with Gasteiger partial charge < -0.3 is 0 Å². The van der Waals surface area contributed by atoms with Crippen LogP contribution >= 0.6 is 0 Å². The van der Waals surface area contributed by atoms with Gasteiger partial charge in [-0.05, 0) is 0 Å². The Morgan fingerprint density at radius 1 is 0.167 bits per heavy atom. The summed E-state index contributed by atoms with van der Waals surface area (Å²) in [6.07, 6.45) is 18.0. The summed E-state index contributed by atoms with van der Waals surface area (Å²) in [5.74, 6) is 0. The second-order valence-electron chi connectivity index (χ2n) is 6.55. The second kappa shape index (κ2) is 17.8. The maximum atomic E-state index is 2.00. The van der Waals surface area contributed by atoms with Gasteiger partial charge in [-0.1, -0.05) is 150 Å². The Morgan fingerprint density at radius 2 is 0.250 bits per heavy atom. The van der Waals surface area contributed by atoms with Crippen LogP contribution in [-0.2, 0) is 0 Å². The van der Waals surface area contributed by atoms with Crippen LogP contribution in [0.5, 0.6) is 0 Å². The van der Waals surface area contributed by atoms with Crippen molar-refractivity contribution in [1.29, 1.82) is 0 Å². The minimum Gasteiger partial charge on any atom is -0.0623 e. The maximum absolute atomic E-state index is 2.00. The zero-order valence-electron chi connectivity index (χ0n) is 15.4. The zero-order chi connectivity index (χ0) is 17.0. The lowest BCUT2D eigenvalue weighted by atomic mass is 10.0. The maximum Gasteiger partial charge on any atom is -0.0533 e. The van der Waals surface area contributed by atoms with E-state index < -0.39 is 0 Å². The van der Waals surface area contributed by atoms with Crippen LogP contribution in [0.15, 0.2) is 72.8 Å². The first-order valence-electron chi connectivity index (χ1n) is 10.00. The first kappa shape index (κ1) is 20.5. The van der Waals surface area contributed by atoms with E-state index in [2.05, 4.69) is 0 Å². The molecular formula is C24H36. The number of rotatable bonds is 0. The lowest BCUT2D eigenvalue weighted by Crippen LogP contribution is -1.85. The van der Waals surface area contributed by atoms with Gasteiger partial charge in [0.25, 0.3) is 0 Å². The molecule has 2 aliphatic rings. The van der Waals surface area contributed by atoms with Crippen molar-refractivity contribution < 1.29 is 0 Å². The molecule has 0 heterocycles. The summed E-state index contributed by atoms with van der Waals surface area (Å²) in [6, 6.07) is 24.0. The molecule has 2 aromatic rings. The van der Waals surface area contributed by atoms with Gasteiger partial charge in [-0.15, -0.1) is 0 Å². The molecule has 24 heavy (non-hydrogen) atoms. The van der Waals surface area contributed by atoms with E-state index in [1.807, 2.05) is 72.8 Å². The molecule has 2 aromatic carbocycles. The van der Waals surface area contributed by atoms with Gasteiger partial charge in [0, 0.05) is 0 Å². The lowest BCUT2D eigenvalue weighted by molar-refractivity contribution is 0.504. The molecule has 2 saturated carbocycles. The highest BCUT2D eigenvalue weighted by Crippen LogP contribution is 2.15. The molecule has 0 saturated heterocycles. The van der Waals surface area contributed by atoms with Gasteiger partial charge >= 0.3 is 0 Å². The Labute approximate surface area is 150 Å². The zero-order valence-corrected chi connectivity index (χ0v) is 15.4. The SMILES string of the molecule is C1CCCCC1.C1CCCCC1.c1ccccc1.c1ccccc1. The quantitative estimate of drug-likeness (QED) is 0.459. The van der Waals surface area contributed by atoms with E-state index in [-0.39, 0.29) is 0 Å². The molecule has 0 bridgehead atoms. The van der Waals surface area contributed by atoms with Gasteiger partial charge in [-0.25, -0.2) is 0 Å². The van der Waals surface area contributed by atoms with Crippen LogP contribution in [0, 0.1) is 0 Å². The molecule has 132 valence electrons. The van der Waals surface area contributed by atoms with Crippen LogP contribution in [0.3, 0.4) is 0 Å². The summed E-state index contributed by atoms with van der Waals surface area (Å²) in [5.41, 5.74) is 0. The molecule has 0 unspecified atom stereocenters. The van der Waals surface area contributed by atoms with Crippen molar-refractivity contribution >= 4 is 0 Å². The molecule has 4 rings (SSSR count). The van der Waals surface area contributed by atoms with Crippen molar-refractivity contribution in [2.45, 2.75) is 77.0 Å². The normalized spacial score (nSPS) is 16.0. The predicted octanol–water partition coefficient (Wildman–Crippen LogP) is 8.05. The molecule has 0 atom stereocenters. The Bertz CT molecular complexity index is 292. The van der Waals surface area contributed by atoms with Crippen molar-refractivity contribution in [3.63, 3.8) is 0 Å². The number of benzene rings is 2. The predicted molar refractivity (Wildman–Crippen MR) is 108 cm³/mol. The first-order valence-corrected chi connectivity index (χ1v) is 10.00. The summed E-state index contributed by atoms with van der Waals surface area (Å²) >= 11 is 0. The van der Waals surface area contributed by atoms with Gasteiger partial charge in [-0.3, -0.25) is 0 Å². The Balaban J connectivity index is 0.000000160. The van der Waals surface area contributed by atoms with E-state index in [0.717, 1.165) is 0 Å². The lowest BCUT2D eigenvalue weighted by Gasteiger charge is -2.05. The van der Waals surface area contributed by atoms with Crippen molar-refractivity contribution in [2.75, 3.05) is 0 Å². The summed E-state index contributed by atoms with van der Waals surface area (Å²) in [4.78, 5) is 0. The molecule has 0 radical (unpaired) electrons. The Kier molecular flexibility index (Phi) is 15.2. The summed E-state index contributed by atoms with van der Waals surface area (Å²) in [7, 11) is 0. The molecular weight excluding hydrogens is 288 g/mol. The number of hydrogen-bond donors (Lipinski definition) is 0. The molecule has 0 amide bonds. The van der Waals surface area contributed by atoms with Gasteiger partial charge in [-0.2, -0.15) is 0 Å². The van der Waals surface area contributed by atoms with Crippen LogP contribution in [0.4, 0.5) is 0 Å². The highest BCUT2D eigenvalue weighted by Gasteiger charge is 1.96. The van der Waals surface area contributed by atoms with E-state index >= 15 is 0 Å². The largest absolute Gasteiger partial charge is 0.0623 e. The highest BCUT2D eigenvalue weighted by molar-refractivity contribution is 4.99. The molecule has 0 aromatic heterocycles. The fourth-order valence-electron chi connectivity index (χ4n) is 2.89.